The molecule has 3 atom stereocenters. The molecule has 0 aromatic heterocycles. The van der Waals surface area contributed by atoms with E-state index in [1.54, 1.807) is 0 Å². The predicted molar refractivity (Wildman–Crippen MR) is 108 cm³/mol. The smallest absolute Gasteiger partial charge is 0.189 e. The Hall–Kier alpha value is -2.04. The molecule has 4 rings (SSSR count). The first-order valence-corrected chi connectivity index (χ1v) is 10.1. The molecule has 0 unspecified atom stereocenters. The standard InChI is InChI=1S/C24H30O4/c1-23(2)21-13-18-9-10-19(27-16-26-15-17-7-5-4-6-8-17)14-20(18)28-24(21,3)12-11-22(23)25/h4-10,14,21-22,25H,11-13,15-16H2,1-3H3/t21-,22-,24-/m1/s1. The second-order valence-corrected chi connectivity index (χ2v) is 8.91. The molecule has 2 aromatic rings. The Morgan fingerprint density at radius 3 is 2.68 bits per heavy atom. The van der Waals surface area contributed by atoms with Gasteiger partial charge in [0.15, 0.2) is 6.79 Å². The van der Waals surface area contributed by atoms with Gasteiger partial charge in [0.25, 0.3) is 0 Å². The number of aliphatic hydroxyl groups excluding tert-OH is 1. The lowest BCUT2D eigenvalue weighted by Gasteiger charge is -2.55. The Kier molecular flexibility index (Phi) is 5.11. The third kappa shape index (κ3) is 3.63. The summed E-state index contributed by atoms with van der Waals surface area (Å²) in [5.41, 5.74) is 1.90. The second kappa shape index (κ2) is 7.41. The topological polar surface area (TPSA) is 47.9 Å². The molecule has 4 nitrogen and oxygen atoms in total. The van der Waals surface area contributed by atoms with Crippen molar-refractivity contribution in [2.75, 3.05) is 6.79 Å². The van der Waals surface area contributed by atoms with Gasteiger partial charge in [0, 0.05) is 12.0 Å². The van der Waals surface area contributed by atoms with Gasteiger partial charge in [0.05, 0.1) is 12.7 Å². The minimum Gasteiger partial charge on any atom is -0.487 e. The molecule has 1 aliphatic carbocycles. The molecule has 2 aromatic carbocycles. The predicted octanol–water partition coefficient (Wildman–Crippen LogP) is 4.73. The SMILES string of the molecule is CC1(C)[C@H](O)CC[C@@]2(C)Oc3cc(OCOCc4ccccc4)ccc3C[C@H]12. The Balaban J connectivity index is 1.41. The van der Waals surface area contributed by atoms with Gasteiger partial charge in [0.2, 0.25) is 0 Å². The number of hydrogen-bond donors (Lipinski definition) is 1. The molecule has 1 saturated carbocycles. The summed E-state index contributed by atoms with van der Waals surface area (Å²) in [6.45, 7) is 7.24. The summed E-state index contributed by atoms with van der Waals surface area (Å²) in [7, 11) is 0. The van der Waals surface area contributed by atoms with Crippen LogP contribution in [0, 0.1) is 11.3 Å². The highest BCUT2D eigenvalue weighted by Gasteiger charge is 2.54. The average molecular weight is 383 g/mol. The van der Waals surface area contributed by atoms with Crippen molar-refractivity contribution in [3.63, 3.8) is 0 Å². The van der Waals surface area contributed by atoms with Gasteiger partial charge in [-0.05, 0) is 48.8 Å². The second-order valence-electron chi connectivity index (χ2n) is 8.91. The van der Waals surface area contributed by atoms with Gasteiger partial charge in [0.1, 0.15) is 17.1 Å². The fourth-order valence-electron chi connectivity index (χ4n) is 4.79. The van der Waals surface area contributed by atoms with E-state index in [9.17, 15) is 5.11 Å². The molecule has 2 aliphatic rings. The van der Waals surface area contributed by atoms with E-state index in [2.05, 4.69) is 26.8 Å². The molecular formula is C24H30O4. The molecule has 0 saturated heterocycles. The van der Waals surface area contributed by atoms with Gasteiger partial charge < -0.3 is 19.3 Å². The van der Waals surface area contributed by atoms with Crippen molar-refractivity contribution >= 4 is 0 Å². The zero-order valence-electron chi connectivity index (χ0n) is 17.0. The Bertz CT molecular complexity index is 817. The van der Waals surface area contributed by atoms with Gasteiger partial charge in [-0.3, -0.25) is 0 Å². The van der Waals surface area contributed by atoms with Gasteiger partial charge in [-0.1, -0.05) is 50.2 Å². The quantitative estimate of drug-likeness (QED) is 0.600. The van der Waals surface area contributed by atoms with E-state index in [1.165, 1.54) is 5.56 Å². The van der Waals surface area contributed by atoms with Crippen LogP contribution in [0.4, 0.5) is 0 Å². The highest BCUT2D eigenvalue weighted by Crippen LogP contribution is 2.53. The first-order chi connectivity index (χ1) is 13.4. The zero-order chi connectivity index (χ0) is 19.8. The van der Waals surface area contributed by atoms with Crippen LogP contribution in [0.25, 0.3) is 0 Å². The van der Waals surface area contributed by atoms with Crippen molar-refractivity contribution in [3.8, 4) is 11.5 Å². The number of benzene rings is 2. The van der Waals surface area contributed by atoms with E-state index in [-0.39, 0.29) is 29.8 Å². The van der Waals surface area contributed by atoms with E-state index in [1.807, 2.05) is 42.5 Å². The Labute approximate surface area is 167 Å². The lowest BCUT2D eigenvalue weighted by Crippen LogP contribution is -2.58. The van der Waals surface area contributed by atoms with Crippen molar-refractivity contribution in [2.45, 2.75) is 58.3 Å². The van der Waals surface area contributed by atoms with E-state index in [0.717, 1.165) is 36.3 Å². The summed E-state index contributed by atoms with van der Waals surface area (Å²) < 4.78 is 17.9. The highest BCUT2D eigenvalue weighted by molar-refractivity contribution is 5.43. The molecule has 0 spiro atoms. The van der Waals surface area contributed by atoms with Crippen molar-refractivity contribution < 1.29 is 19.3 Å². The third-order valence-electron chi connectivity index (χ3n) is 6.63. The minimum atomic E-state index is -0.278. The van der Waals surface area contributed by atoms with Crippen molar-refractivity contribution in [1.82, 2.24) is 0 Å². The van der Waals surface area contributed by atoms with Crippen LogP contribution in [-0.2, 0) is 17.8 Å². The maximum Gasteiger partial charge on any atom is 0.189 e. The molecule has 150 valence electrons. The molecule has 1 N–H and O–H groups in total. The Morgan fingerprint density at radius 1 is 1.11 bits per heavy atom. The molecule has 0 amide bonds. The lowest BCUT2D eigenvalue weighted by molar-refractivity contribution is -0.137. The molecule has 0 bridgehead atoms. The van der Waals surface area contributed by atoms with Crippen LogP contribution in [0.15, 0.2) is 48.5 Å². The van der Waals surface area contributed by atoms with E-state index in [4.69, 9.17) is 14.2 Å². The minimum absolute atomic E-state index is 0.162. The summed E-state index contributed by atoms with van der Waals surface area (Å²) in [6.07, 6.45) is 2.28. The zero-order valence-corrected chi connectivity index (χ0v) is 17.0. The number of ether oxygens (including phenoxy) is 3. The van der Waals surface area contributed by atoms with Crippen LogP contribution in [-0.4, -0.2) is 23.6 Å². The average Bonchev–Trinajstić information content (AvgIpc) is 2.68. The molecule has 28 heavy (non-hydrogen) atoms. The molecule has 4 heteroatoms. The van der Waals surface area contributed by atoms with Crippen LogP contribution in [0.2, 0.25) is 0 Å². The molecule has 1 heterocycles. The maximum absolute atomic E-state index is 10.5. The first kappa shape index (κ1) is 19.3. The summed E-state index contributed by atoms with van der Waals surface area (Å²) in [5.74, 6) is 1.94. The summed E-state index contributed by atoms with van der Waals surface area (Å²) in [4.78, 5) is 0. The van der Waals surface area contributed by atoms with Crippen LogP contribution in [0.1, 0.15) is 44.7 Å². The van der Waals surface area contributed by atoms with E-state index < -0.39 is 0 Å². The van der Waals surface area contributed by atoms with Crippen LogP contribution in [0.3, 0.4) is 0 Å². The normalized spacial score (nSPS) is 28.0. The van der Waals surface area contributed by atoms with Gasteiger partial charge in [-0.15, -0.1) is 0 Å². The fourth-order valence-corrected chi connectivity index (χ4v) is 4.79. The lowest BCUT2D eigenvalue weighted by atomic mass is 9.58. The highest BCUT2D eigenvalue weighted by atomic mass is 16.7. The monoisotopic (exact) mass is 382 g/mol. The van der Waals surface area contributed by atoms with Crippen molar-refractivity contribution in [1.29, 1.82) is 0 Å². The van der Waals surface area contributed by atoms with Crippen LogP contribution >= 0.6 is 0 Å². The number of fused-ring (bicyclic) bond motifs is 2. The molecule has 1 fully saturated rings. The van der Waals surface area contributed by atoms with E-state index >= 15 is 0 Å². The summed E-state index contributed by atoms with van der Waals surface area (Å²) in [6, 6.07) is 16.1. The van der Waals surface area contributed by atoms with Gasteiger partial charge >= 0.3 is 0 Å². The summed E-state index contributed by atoms with van der Waals surface area (Å²) in [5, 5.41) is 10.5. The number of rotatable bonds is 5. The first-order valence-electron chi connectivity index (χ1n) is 10.1. The molecule has 1 aliphatic heterocycles. The number of hydrogen-bond acceptors (Lipinski definition) is 4. The Morgan fingerprint density at radius 2 is 1.89 bits per heavy atom. The van der Waals surface area contributed by atoms with Gasteiger partial charge in [-0.25, -0.2) is 0 Å². The number of aliphatic hydroxyl groups is 1. The summed E-state index contributed by atoms with van der Waals surface area (Å²) >= 11 is 0. The van der Waals surface area contributed by atoms with Crippen molar-refractivity contribution in [3.05, 3.63) is 59.7 Å². The maximum atomic E-state index is 10.5. The largest absolute Gasteiger partial charge is 0.487 e. The van der Waals surface area contributed by atoms with Crippen molar-refractivity contribution in [2.24, 2.45) is 11.3 Å². The third-order valence-corrected chi connectivity index (χ3v) is 6.63. The van der Waals surface area contributed by atoms with Gasteiger partial charge in [-0.2, -0.15) is 0 Å². The molecular weight excluding hydrogens is 352 g/mol. The van der Waals surface area contributed by atoms with Crippen LogP contribution in [0.5, 0.6) is 11.5 Å². The van der Waals surface area contributed by atoms with E-state index in [0.29, 0.717) is 6.61 Å². The van der Waals surface area contributed by atoms with Crippen LogP contribution < -0.4 is 9.47 Å². The fraction of sp³-hybridized carbons (Fsp3) is 0.500. The molecule has 0 radical (unpaired) electrons.